The summed E-state index contributed by atoms with van der Waals surface area (Å²) in [6.07, 6.45) is 0. The minimum atomic E-state index is -0.500. The van der Waals surface area contributed by atoms with E-state index in [-0.39, 0.29) is 5.91 Å². The number of hydrogen-bond donors (Lipinski definition) is 2. The summed E-state index contributed by atoms with van der Waals surface area (Å²) in [5.41, 5.74) is 0.111. The number of aryl methyl sites for hydroxylation is 1. The zero-order valence-electron chi connectivity index (χ0n) is 10.8. The minimum Gasteiger partial charge on any atom is -0.325 e. The first-order chi connectivity index (χ1) is 9.47. The number of hydrogen-bond acceptors (Lipinski definition) is 4. The van der Waals surface area contributed by atoms with Crippen molar-refractivity contribution < 1.29 is 14.0 Å². The Morgan fingerprint density at radius 1 is 1.55 bits per heavy atom. The maximum absolute atomic E-state index is 12.0. The number of aromatic nitrogens is 2. The third kappa shape index (κ3) is 3.43. The number of anilines is 1. The van der Waals surface area contributed by atoms with Crippen LogP contribution in [0.2, 0.25) is 5.02 Å². The van der Waals surface area contributed by atoms with Gasteiger partial charge in [0, 0.05) is 10.7 Å². The summed E-state index contributed by atoms with van der Waals surface area (Å²) in [7, 11) is 1.63. The van der Waals surface area contributed by atoms with E-state index < -0.39 is 10.9 Å². The van der Waals surface area contributed by atoms with Gasteiger partial charge in [-0.3, -0.25) is 9.32 Å². The van der Waals surface area contributed by atoms with E-state index in [1.807, 2.05) is 0 Å². The van der Waals surface area contributed by atoms with Crippen molar-refractivity contribution in [2.45, 2.75) is 17.2 Å². The number of thioether (sulfide) groups is 1. The van der Waals surface area contributed by atoms with Crippen LogP contribution < -0.4 is 15.6 Å². The van der Waals surface area contributed by atoms with Crippen molar-refractivity contribution in [1.29, 1.82) is 0 Å². The Balaban J connectivity index is 2.04. The van der Waals surface area contributed by atoms with Crippen molar-refractivity contribution in [3.8, 4) is 0 Å². The SMILES string of the molecule is CC(Sc1c(=O)o[nH][n+]1C)C(=O)Nc1cccc(Cl)c1. The lowest BCUT2D eigenvalue weighted by Crippen LogP contribution is -2.35. The molecule has 0 aliphatic rings. The Morgan fingerprint density at radius 3 is 2.90 bits per heavy atom. The maximum atomic E-state index is 12.0. The number of aromatic amines is 1. The summed E-state index contributed by atoms with van der Waals surface area (Å²) in [6, 6.07) is 6.87. The highest BCUT2D eigenvalue weighted by molar-refractivity contribution is 8.00. The topological polar surface area (TPSA) is 79.0 Å². The average Bonchev–Trinajstić information content (AvgIpc) is 2.70. The highest BCUT2D eigenvalue weighted by atomic mass is 35.5. The molecule has 0 radical (unpaired) electrons. The van der Waals surface area contributed by atoms with Gasteiger partial charge in [-0.1, -0.05) is 22.3 Å². The van der Waals surface area contributed by atoms with Crippen molar-refractivity contribution in [2.24, 2.45) is 7.05 Å². The first kappa shape index (κ1) is 14.7. The van der Waals surface area contributed by atoms with E-state index in [1.165, 1.54) is 4.68 Å². The molecule has 0 aliphatic heterocycles. The number of carbonyl (C=O) groups is 1. The third-order valence-electron chi connectivity index (χ3n) is 2.50. The van der Waals surface area contributed by atoms with E-state index in [0.717, 1.165) is 11.8 Å². The number of nitrogens with one attached hydrogen (secondary N) is 2. The maximum Gasteiger partial charge on any atom is 0.441 e. The monoisotopic (exact) mass is 314 g/mol. The second kappa shape index (κ2) is 6.15. The number of halogens is 1. The van der Waals surface area contributed by atoms with E-state index in [0.29, 0.717) is 15.7 Å². The van der Waals surface area contributed by atoms with Crippen molar-refractivity contribution in [2.75, 3.05) is 5.32 Å². The van der Waals surface area contributed by atoms with Gasteiger partial charge in [0.15, 0.2) is 7.05 Å². The fourth-order valence-corrected chi connectivity index (χ4v) is 2.51. The lowest BCUT2D eigenvalue weighted by Gasteiger charge is -2.09. The number of H-pyrrole nitrogens is 1. The molecule has 0 fully saturated rings. The molecule has 8 heteroatoms. The molecule has 106 valence electrons. The first-order valence-corrected chi connectivity index (χ1v) is 7.03. The zero-order chi connectivity index (χ0) is 14.7. The van der Waals surface area contributed by atoms with Gasteiger partial charge in [-0.25, -0.2) is 4.79 Å². The zero-order valence-corrected chi connectivity index (χ0v) is 12.4. The van der Waals surface area contributed by atoms with E-state index in [1.54, 1.807) is 38.2 Å². The molecule has 1 aromatic heterocycles. The minimum absolute atomic E-state index is 0.224. The fraction of sp³-hybridized carbons (Fsp3) is 0.250. The van der Waals surface area contributed by atoms with Gasteiger partial charge in [0.25, 0.3) is 0 Å². The molecule has 2 aromatic rings. The number of nitrogens with zero attached hydrogens (tertiary/aromatic N) is 1. The van der Waals surface area contributed by atoms with Crippen LogP contribution in [0, 0.1) is 0 Å². The fourth-order valence-electron chi connectivity index (χ4n) is 1.49. The van der Waals surface area contributed by atoms with Crippen LogP contribution in [0.3, 0.4) is 0 Å². The molecule has 1 heterocycles. The number of benzene rings is 1. The Bertz CT molecular complexity index is 683. The van der Waals surface area contributed by atoms with Crippen LogP contribution in [0.15, 0.2) is 38.6 Å². The first-order valence-electron chi connectivity index (χ1n) is 5.78. The summed E-state index contributed by atoms with van der Waals surface area (Å²) in [4.78, 5) is 23.5. The molecule has 0 spiro atoms. The predicted octanol–water partition coefficient (Wildman–Crippen LogP) is 1.57. The lowest BCUT2D eigenvalue weighted by atomic mass is 10.3. The second-order valence-corrected chi connectivity index (χ2v) is 5.87. The molecule has 20 heavy (non-hydrogen) atoms. The van der Waals surface area contributed by atoms with Gasteiger partial charge in [0.2, 0.25) is 5.91 Å². The average molecular weight is 315 g/mol. The molecule has 1 unspecified atom stereocenters. The van der Waals surface area contributed by atoms with Gasteiger partial charge in [-0.05, 0) is 42.2 Å². The van der Waals surface area contributed by atoms with E-state index in [4.69, 9.17) is 11.6 Å². The molecule has 0 aliphatic carbocycles. The normalized spacial score (nSPS) is 12.2. The molecule has 0 saturated carbocycles. The van der Waals surface area contributed by atoms with Crippen molar-refractivity contribution in [3.63, 3.8) is 0 Å². The van der Waals surface area contributed by atoms with Gasteiger partial charge in [-0.2, -0.15) is 0 Å². The molecular formula is C12H13ClN3O3S+. The molecular weight excluding hydrogens is 302 g/mol. The lowest BCUT2D eigenvalue weighted by molar-refractivity contribution is -0.772. The van der Waals surface area contributed by atoms with Gasteiger partial charge in [0.1, 0.15) is 0 Å². The highest BCUT2D eigenvalue weighted by Gasteiger charge is 2.25. The van der Waals surface area contributed by atoms with E-state index in [2.05, 4.69) is 15.1 Å². The molecule has 1 atom stereocenters. The molecule has 2 rings (SSSR count). The molecule has 1 aromatic carbocycles. The van der Waals surface area contributed by atoms with Crippen LogP contribution in [-0.4, -0.2) is 16.4 Å². The highest BCUT2D eigenvalue weighted by Crippen LogP contribution is 2.20. The molecule has 0 bridgehead atoms. The van der Waals surface area contributed by atoms with Gasteiger partial charge >= 0.3 is 10.7 Å². The largest absolute Gasteiger partial charge is 0.441 e. The van der Waals surface area contributed by atoms with Crippen LogP contribution in [0.5, 0.6) is 0 Å². The quantitative estimate of drug-likeness (QED) is 0.663. The standard InChI is InChI=1S/C12H12ClN3O3S/c1-7(20-11-12(18)19-15-16(11)2)10(17)14-9-5-3-4-8(13)6-9/h3-7H,1-2H3,(H-,14,15,17,18)/p+1. The molecule has 0 saturated heterocycles. The number of amides is 1. The summed E-state index contributed by atoms with van der Waals surface area (Å²) in [6.45, 7) is 1.71. The van der Waals surface area contributed by atoms with Crippen LogP contribution in [0.4, 0.5) is 5.69 Å². The van der Waals surface area contributed by atoms with Gasteiger partial charge < -0.3 is 5.32 Å². The summed E-state index contributed by atoms with van der Waals surface area (Å²) < 4.78 is 6.05. The van der Waals surface area contributed by atoms with E-state index in [9.17, 15) is 9.59 Å². The van der Waals surface area contributed by atoms with E-state index >= 15 is 0 Å². The Hall–Kier alpha value is -1.73. The predicted molar refractivity (Wildman–Crippen MR) is 75.9 cm³/mol. The summed E-state index contributed by atoms with van der Waals surface area (Å²) in [5.74, 6) is -0.224. The van der Waals surface area contributed by atoms with Gasteiger partial charge in [-0.15, -0.1) is 0 Å². The Labute approximate surface area is 124 Å². The van der Waals surface area contributed by atoms with Crippen LogP contribution in [0.1, 0.15) is 6.92 Å². The van der Waals surface area contributed by atoms with Crippen LogP contribution in [0.25, 0.3) is 0 Å². The number of carbonyl (C=O) groups excluding carboxylic acids is 1. The van der Waals surface area contributed by atoms with Crippen molar-refractivity contribution >= 4 is 35.0 Å². The van der Waals surface area contributed by atoms with Crippen LogP contribution in [-0.2, 0) is 11.8 Å². The third-order valence-corrected chi connectivity index (χ3v) is 3.97. The Kier molecular flexibility index (Phi) is 4.51. The number of rotatable bonds is 4. The molecule has 1 amide bonds. The van der Waals surface area contributed by atoms with Crippen molar-refractivity contribution in [3.05, 3.63) is 39.7 Å². The van der Waals surface area contributed by atoms with Crippen molar-refractivity contribution in [1.82, 2.24) is 5.27 Å². The smallest absolute Gasteiger partial charge is 0.325 e. The molecule has 2 N–H and O–H groups in total. The Morgan fingerprint density at radius 2 is 2.30 bits per heavy atom. The summed E-state index contributed by atoms with van der Waals surface area (Å²) in [5, 5.41) is 5.55. The second-order valence-electron chi connectivity index (χ2n) is 4.10. The summed E-state index contributed by atoms with van der Waals surface area (Å²) >= 11 is 6.96. The molecule has 6 nitrogen and oxygen atoms in total. The van der Waals surface area contributed by atoms with Gasteiger partial charge in [0.05, 0.1) is 5.25 Å². The van der Waals surface area contributed by atoms with Crippen LogP contribution >= 0.6 is 23.4 Å².